The number of nitrogens with zero attached hydrogens (tertiary/aromatic N) is 6. The van der Waals surface area contributed by atoms with Gasteiger partial charge in [-0.1, -0.05) is 24.3 Å². The summed E-state index contributed by atoms with van der Waals surface area (Å²) in [4.78, 5) is 25.8. The number of hydrogen-bond donors (Lipinski definition) is 0. The van der Waals surface area contributed by atoms with E-state index in [1.165, 1.54) is 22.7 Å². The molecule has 0 fully saturated rings. The molecule has 0 aliphatic carbocycles. The Morgan fingerprint density at radius 2 is 0.865 bits per heavy atom. The molecule has 16 heteroatoms. The molecule has 0 aliphatic heterocycles. The summed E-state index contributed by atoms with van der Waals surface area (Å²) in [6.07, 6.45) is 4.77. The first-order chi connectivity index (χ1) is 24.6. The number of hydrogen-bond acceptors (Lipinski definition) is 14. The van der Waals surface area contributed by atoms with Crippen LogP contribution in [-0.4, -0.2) is 69.4 Å². The van der Waals surface area contributed by atoms with E-state index in [4.69, 9.17) is 9.47 Å². The number of rotatable bonds is 12. The van der Waals surface area contributed by atoms with Crippen LogP contribution in [0, 0.1) is 13.8 Å². The van der Waals surface area contributed by atoms with E-state index in [0.717, 1.165) is 20.5 Å². The first-order valence-electron chi connectivity index (χ1n) is 16.6. The number of benzene rings is 2. The van der Waals surface area contributed by atoms with Gasteiger partial charge in [0.1, 0.15) is 12.2 Å². The van der Waals surface area contributed by atoms with Gasteiger partial charge in [0, 0.05) is 24.8 Å². The summed E-state index contributed by atoms with van der Waals surface area (Å²) >= 11 is 2.34. The van der Waals surface area contributed by atoms with Crippen LogP contribution in [0.4, 0.5) is 0 Å². The van der Waals surface area contributed by atoms with Crippen LogP contribution in [-0.2, 0) is 29.1 Å². The van der Waals surface area contributed by atoms with E-state index >= 15 is 0 Å². The van der Waals surface area contributed by atoms with Gasteiger partial charge in [-0.2, -0.15) is 0 Å². The SMILES string of the molecule is Cc1cnc([C@@H](OC(C)C)[C@@H](C)S(=O)(=O)c2nc3ccccc3s2)nc1.Cc1cnc([C@H](OC(C)C)[C@H](C)S(=O)(=O)c2nc3ccccc3s2)nc1. The van der Waals surface area contributed by atoms with E-state index in [1.54, 1.807) is 50.8 Å². The van der Waals surface area contributed by atoms with Crippen molar-refractivity contribution in [1.82, 2.24) is 29.9 Å². The first kappa shape index (κ1) is 39.4. The summed E-state index contributed by atoms with van der Waals surface area (Å²) in [5, 5.41) is -1.73. The molecule has 0 unspecified atom stereocenters. The fourth-order valence-corrected chi connectivity index (χ4v) is 10.9. The van der Waals surface area contributed by atoms with Crippen LogP contribution in [0.1, 0.15) is 76.5 Å². The monoisotopic (exact) mass is 782 g/mol. The Morgan fingerprint density at radius 1 is 0.538 bits per heavy atom. The van der Waals surface area contributed by atoms with Gasteiger partial charge in [-0.3, -0.25) is 0 Å². The molecule has 0 spiro atoms. The third-order valence-electron chi connectivity index (χ3n) is 7.82. The van der Waals surface area contributed by atoms with E-state index in [9.17, 15) is 16.8 Å². The van der Waals surface area contributed by atoms with Gasteiger partial charge in [0.25, 0.3) is 0 Å². The second-order valence-electron chi connectivity index (χ2n) is 12.8. The number of thiazole rings is 2. The normalized spacial score (nSPS) is 14.7. The second-order valence-corrected chi connectivity index (χ2v) is 19.9. The molecule has 4 aromatic heterocycles. The van der Waals surface area contributed by atoms with Crippen LogP contribution >= 0.6 is 22.7 Å². The predicted octanol–water partition coefficient (Wildman–Crippen LogP) is 7.45. The minimum atomic E-state index is -3.70. The number of fused-ring (bicyclic) bond motifs is 2. The third-order valence-corrected chi connectivity index (χ3v) is 15.0. The first-order valence-corrected chi connectivity index (χ1v) is 21.4. The lowest BCUT2D eigenvalue weighted by Gasteiger charge is -2.24. The molecule has 52 heavy (non-hydrogen) atoms. The molecule has 0 radical (unpaired) electrons. The van der Waals surface area contributed by atoms with Crippen molar-refractivity contribution >= 4 is 62.8 Å². The van der Waals surface area contributed by atoms with Crippen molar-refractivity contribution < 1.29 is 26.3 Å². The second kappa shape index (κ2) is 16.5. The van der Waals surface area contributed by atoms with E-state index in [1.807, 2.05) is 77.9 Å². The van der Waals surface area contributed by atoms with Gasteiger partial charge in [0.15, 0.2) is 11.6 Å². The predicted molar refractivity (Wildman–Crippen MR) is 204 cm³/mol. The Balaban J connectivity index is 0.000000201. The standard InChI is InChI=1S/2C18H21N3O3S2/c2*1-11(2)24-16(17-19-9-12(3)10-20-17)13(4)26(22,23)18-21-14-7-5-6-8-15(14)25-18/h2*5-11,13,16H,1-4H3/t2*13-,16+/m10/s1. The summed E-state index contributed by atoms with van der Waals surface area (Å²) in [5.74, 6) is 0.725. The van der Waals surface area contributed by atoms with Crippen LogP contribution in [0.25, 0.3) is 20.4 Å². The summed E-state index contributed by atoms with van der Waals surface area (Å²) < 4.78 is 66.4. The number of aryl methyl sites for hydroxylation is 2. The van der Waals surface area contributed by atoms with Crippen LogP contribution in [0.3, 0.4) is 0 Å². The topological polar surface area (TPSA) is 164 Å². The van der Waals surface area contributed by atoms with Gasteiger partial charge in [-0.05, 0) is 90.8 Å². The Labute approximate surface area is 312 Å². The minimum Gasteiger partial charge on any atom is -0.366 e. The maximum Gasteiger partial charge on any atom is 0.210 e. The number of para-hydroxylation sites is 2. The molecule has 0 bridgehead atoms. The van der Waals surface area contributed by atoms with E-state index < -0.39 is 42.4 Å². The molecule has 0 amide bonds. The third kappa shape index (κ3) is 9.04. The van der Waals surface area contributed by atoms with Crippen molar-refractivity contribution in [1.29, 1.82) is 0 Å². The maximum atomic E-state index is 13.2. The highest BCUT2D eigenvalue weighted by Crippen LogP contribution is 2.35. The largest absolute Gasteiger partial charge is 0.366 e. The Kier molecular flexibility index (Phi) is 12.5. The highest BCUT2D eigenvalue weighted by Gasteiger charge is 2.38. The molecular formula is C36H42N6O6S4. The molecule has 0 aliphatic rings. The number of ether oxygens (including phenoxy) is 2. The van der Waals surface area contributed by atoms with Gasteiger partial charge in [0.2, 0.25) is 28.4 Å². The van der Waals surface area contributed by atoms with Crippen LogP contribution in [0.15, 0.2) is 82.0 Å². The van der Waals surface area contributed by atoms with Crippen molar-refractivity contribution in [3.63, 3.8) is 0 Å². The smallest absolute Gasteiger partial charge is 0.210 e. The molecular weight excluding hydrogens is 741 g/mol. The molecule has 2 aromatic carbocycles. The Hall–Kier alpha value is -3.80. The molecule has 6 aromatic rings. The molecule has 12 nitrogen and oxygen atoms in total. The molecule has 4 heterocycles. The molecule has 0 saturated carbocycles. The zero-order valence-corrected chi connectivity index (χ0v) is 33.4. The summed E-state index contributed by atoms with van der Waals surface area (Å²) in [5.41, 5.74) is 3.16. The highest BCUT2D eigenvalue weighted by atomic mass is 32.2. The quantitative estimate of drug-likeness (QED) is 0.121. The van der Waals surface area contributed by atoms with Gasteiger partial charge in [0.05, 0.1) is 43.1 Å². The summed E-state index contributed by atoms with van der Waals surface area (Å²) in [7, 11) is -7.40. The number of sulfone groups is 2. The summed E-state index contributed by atoms with van der Waals surface area (Å²) in [6, 6.07) is 14.8. The molecule has 6 rings (SSSR count). The zero-order valence-electron chi connectivity index (χ0n) is 30.2. The van der Waals surface area contributed by atoms with Crippen molar-refractivity contribution in [3.8, 4) is 0 Å². The highest BCUT2D eigenvalue weighted by molar-refractivity contribution is 7.94. The fourth-order valence-electron chi connectivity index (χ4n) is 5.04. The van der Waals surface area contributed by atoms with E-state index in [-0.39, 0.29) is 20.9 Å². The lowest BCUT2D eigenvalue weighted by Crippen LogP contribution is -2.30. The Bertz CT molecular complexity index is 2100. The maximum absolute atomic E-state index is 13.2. The van der Waals surface area contributed by atoms with Gasteiger partial charge in [-0.15, -0.1) is 22.7 Å². The van der Waals surface area contributed by atoms with E-state index in [0.29, 0.717) is 22.7 Å². The molecule has 0 saturated heterocycles. The van der Waals surface area contributed by atoms with Crippen molar-refractivity contribution in [2.75, 3.05) is 0 Å². The lowest BCUT2D eigenvalue weighted by molar-refractivity contribution is 0.00123. The van der Waals surface area contributed by atoms with Crippen molar-refractivity contribution in [3.05, 3.63) is 96.1 Å². The van der Waals surface area contributed by atoms with Gasteiger partial charge in [-0.25, -0.2) is 46.7 Å². The van der Waals surface area contributed by atoms with Crippen molar-refractivity contribution in [2.45, 2.75) is 99.0 Å². The minimum absolute atomic E-state index is 0.0932. The lowest BCUT2D eigenvalue weighted by atomic mass is 10.2. The number of aromatic nitrogens is 6. The Morgan fingerprint density at radius 3 is 1.17 bits per heavy atom. The van der Waals surface area contributed by atoms with E-state index in [2.05, 4.69) is 29.9 Å². The summed E-state index contributed by atoms with van der Waals surface area (Å²) in [6.45, 7) is 14.4. The van der Waals surface area contributed by atoms with Crippen LogP contribution in [0.2, 0.25) is 0 Å². The average molecular weight is 783 g/mol. The average Bonchev–Trinajstić information content (AvgIpc) is 3.76. The molecule has 4 atom stereocenters. The van der Waals surface area contributed by atoms with Crippen molar-refractivity contribution in [2.24, 2.45) is 0 Å². The van der Waals surface area contributed by atoms with Gasteiger partial charge < -0.3 is 9.47 Å². The van der Waals surface area contributed by atoms with Crippen LogP contribution < -0.4 is 0 Å². The fraction of sp³-hybridized carbons (Fsp3) is 0.389. The molecule has 276 valence electrons. The zero-order chi connectivity index (χ0) is 37.8. The van der Waals surface area contributed by atoms with Crippen LogP contribution in [0.5, 0.6) is 0 Å². The molecule has 0 N–H and O–H groups in total. The van der Waals surface area contributed by atoms with Gasteiger partial charge >= 0.3 is 0 Å².